The van der Waals surface area contributed by atoms with Crippen molar-refractivity contribution in [2.24, 2.45) is 5.41 Å². The Balaban J connectivity index is 1.21. The molecule has 8 atom stereocenters. The third-order valence-electron chi connectivity index (χ3n) is 8.94. The molecule has 0 radical (unpaired) electrons. The molecule has 1 aliphatic rings. The quantitative estimate of drug-likeness (QED) is 0.0416. The molecular weight excluding hydrogens is 895 g/mol. The first kappa shape index (κ1) is 50.4. The summed E-state index contributed by atoms with van der Waals surface area (Å²) < 4.78 is 61.2. The van der Waals surface area contributed by atoms with Crippen LogP contribution in [0.1, 0.15) is 39.2 Å². The van der Waals surface area contributed by atoms with E-state index in [1.165, 1.54) is 20.8 Å². The van der Waals surface area contributed by atoms with Gasteiger partial charge in [0.1, 0.15) is 36.3 Å². The van der Waals surface area contributed by atoms with Crippen LogP contribution in [-0.2, 0) is 62.8 Å². The summed E-state index contributed by atoms with van der Waals surface area (Å²) >= 11 is 0.937. The second kappa shape index (κ2) is 20.9. The molecule has 4 rings (SSSR count). The van der Waals surface area contributed by atoms with Gasteiger partial charge in [0, 0.05) is 37.1 Å². The number of aliphatic hydroxyl groups is 3. The predicted octanol–water partition coefficient (Wildman–Crippen LogP) is -2.70. The fourth-order valence-electron chi connectivity index (χ4n) is 5.79. The fraction of sp³-hybridized carbons (Fsp3) is 0.562. The lowest BCUT2D eigenvalue weighted by molar-refractivity contribution is -0.347. The number of nitrogens with zero attached hydrogens (tertiary/aromatic N) is 4. The summed E-state index contributed by atoms with van der Waals surface area (Å²) in [5.74, 6) is -1.40. The number of nitrogen functional groups attached to an aromatic ring is 1. The number of carbonyl (C=O) groups is 3. The van der Waals surface area contributed by atoms with Crippen LogP contribution in [0, 0.1) is 5.41 Å². The zero-order chi connectivity index (χ0) is 45.4. The van der Waals surface area contributed by atoms with E-state index in [1.54, 1.807) is 0 Å². The lowest BCUT2D eigenvalue weighted by atomic mass is 9.87. The molecule has 7 N–H and O–H groups in total. The molecule has 1 aromatic carbocycles. The molecule has 1 aliphatic heterocycles. The number of nitrogens with one attached hydrogen (secondary N) is 2. The monoisotopic (exact) mass is 939 g/mol. The van der Waals surface area contributed by atoms with Gasteiger partial charge in [-0.15, -0.1) is 0 Å². The number of hydrogen-bond acceptors (Lipinski definition) is 23. The highest BCUT2D eigenvalue weighted by Gasteiger charge is 2.55. The number of phosphoric ester groups is 3. The van der Waals surface area contributed by atoms with Gasteiger partial charge in [-0.05, 0) is 18.9 Å². The highest BCUT2D eigenvalue weighted by atomic mass is 32.2. The Morgan fingerprint density at radius 1 is 1.03 bits per heavy atom. The Morgan fingerprint density at radius 3 is 2.38 bits per heavy atom. The smallest absolute Gasteiger partial charge is 0.274 e. The number of amides is 2. The Kier molecular flexibility index (Phi) is 17.3. The molecule has 0 saturated carbocycles. The van der Waals surface area contributed by atoms with Crippen molar-refractivity contribution in [3.05, 3.63) is 48.5 Å². The minimum atomic E-state index is -5.95. The lowest BCUT2D eigenvalue weighted by Crippen LogP contribution is -2.46. The van der Waals surface area contributed by atoms with Crippen molar-refractivity contribution in [3.8, 4) is 0 Å². The molecule has 2 amide bonds. The Hall–Kier alpha value is -3.26. The van der Waals surface area contributed by atoms with Gasteiger partial charge >= 0.3 is 0 Å². The van der Waals surface area contributed by atoms with Crippen LogP contribution in [0.5, 0.6) is 0 Å². The van der Waals surface area contributed by atoms with Crippen LogP contribution in [0.3, 0.4) is 0 Å². The minimum absolute atomic E-state index is 0.0294. The van der Waals surface area contributed by atoms with Crippen molar-refractivity contribution in [1.29, 1.82) is 0 Å². The van der Waals surface area contributed by atoms with Crippen LogP contribution in [0.15, 0.2) is 43.0 Å². The maximum atomic E-state index is 12.6. The topological polar surface area (TPSA) is 395 Å². The van der Waals surface area contributed by atoms with Gasteiger partial charge < -0.3 is 74.1 Å². The molecule has 2 aromatic heterocycles. The Bertz CT molecular complexity index is 2150. The summed E-state index contributed by atoms with van der Waals surface area (Å²) in [5.41, 5.74) is 2.87. The largest absolute Gasteiger partial charge is 0.790 e. The average molecular weight is 940 g/mol. The molecule has 0 spiro atoms. The molecule has 0 aliphatic carbocycles. The first-order valence-electron chi connectivity index (χ1n) is 18.1. The SMILES string of the molecule is CC(C)(COP(=O)([O-])OP(=O)([O-])OCC1OC(C)(n2cnc3c(N)ncnc32)C(O)C1OP(=O)([O-])[O-])C(O)C(=O)NCCC(=O)NCCSC(=O)CC(O)Cc1ccccc1. The van der Waals surface area contributed by atoms with Crippen LogP contribution in [-0.4, -0.2) is 114 Å². The summed E-state index contributed by atoms with van der Waals surface area (Å²) in [7, 11) is -17.7. The van der Waals surface area contributed by atoms with Gasteiger partial charge in [-0.2, -0.15) is 0 Å². The maximum absolute atomic E-state index is 12.6. The van der Waals surface area contributed by atoms with Crippen LogP contribution < -0.4 is 35.9 Å². The minimum Gasteiger partial charge on any atom is -0.790 e. The second-order valence-electron chi connectivity index (χ2n) is 14.3. The van der Waals surface area contributed by atoms with Crippen LogP contribution in [0.25, 0.3) is 11.2 Å². The number of thioether (sulfide) groups is 1. The summed E-state index contributed by atoms with van der Waals surface area (Å²) in [4.78, 5) is 96.9. The number of aliphatic hydroxyl groups excluding tert-OH is 3. The van der Waals surface area contributed by atoms with E-state index in [-0.39, 0.29) is 53.8 Å². The van der Waals surface area contributed by atoms with Crippen molar-refractivity contribution in [1.82, 2.24) is 30.2 Å². The van der Waals surface area contributed by atoms with E-state index >= 15 is 0 Å². The molecule has 29 heteroatoms. The number of imidazole rings is 1. The fourth-order valence-corrected chi connectivity index (χ4v) is 9.26. The lowest BCUT2D eigenvalue weighted by Gasteiger charge is -2.36. The number of hydrogen-bond donors (Lipinski definition) is 6. The highest BCUT2D eigenvalue weighted by molar-refractivity contribution is 8.13. The Morgan fingerprint density at radius 2 is 1.70 bits per heavy atom. The third-order valence-corrected chi connectivity index (χ3v) is 12.9. The van der Waals surface area contributed by atoms with Gasteiger partial charge in [0.2, 0.25) is 11.8 Å². The molecule has 0 bridgehead atoms. The number of ether oxygens (including phenoxy) is 1. The number of rotatable bonds is 23. The Labute approximate surface area is 352 Å². The van der Waals surface area contributed by atoms with Crippen molar-refractivity contribution >= 4 is 69.1 Å². The molecule has 340 valence electrons. The molecular formula is C32H44N7O18P3S-4. The van der Waals surface area contributed by atoms with E-state index < -0.39 is 90.2 Å². The molecule has 61 heavy (non-hydrogen) atoms. The predicted molar refractivity (Wildman–Crippen MR) is 204 cm³/mol. The number of carbonyl (C=O) groups excluding carboxylic acids is 3. The van der Waals surface area contributed by atoms with Gasteiger partial charge in [-0.25, -0.2) is 19.3 Å². The first-order chi connectivity index (χ1) is 28.3. The average Bonchev–Trinajstić information content (AvgIpc) is 3.71. The van der Waals surface area contributed by atoms with Gasteiger partial charge in [-0.1, -0.05) is 55.9 Å². The molecule has 25 nitrogen and oxygen atoms in total. The van der Waals surface area contributed by atoms with E-state index in [4.69, 9.17) is 10.5 Å². The van der Waals surface area contributed by atoms with Gasteiger partial charge in [0.15, 0.2) is 22.3 Å². The van der Waals surface area contributed by atoms with Gasteiger partial charge in [0.25, 0.3) is 15.6 Å². The number of fused-ring (bicyclic) bond motifs is 1. The van der Waals surface area contributed by atoms with Crippen molar-refractivity contribution in [2.45, 2.75) is 76.3 Å². The third kappa shape index (κ3) is 14.6. The number of nitrogens with two attached hydrogens (primary N) is 1. The van der Waals surface area contributed by atoms with Crippen LogP contribution in [0.4, 0.5) is 5.82 Å². The van der Waals surface area contributed by atoms with E-state index in [2.05, 4.69) is 43.5 Å². The summed E-state index contributed by atoms with van der Waals surface area (Å²) in [5, 5.41) is 36.4. The normalized spacial score (nSPS) is 22.6. The molecule has 3 aromatic rings. The van der Waals surface area contributed by atoms with Crippen molar-refractivity contribution in [3.63, 3.8) is 0 Å². The summed E-state index contributed by atoms with van der Waals surface area (Å²) in [6.45, 7) is 1.08. The number of benzene rings is 1. The number of anilines is 1. The van der Waals surface area contributed by atoms with E-state index in [9.17, 15) is 63.0 Å². The summed E-state index contributed by atoms with van der Waals surface area (Å²) in [6.07, 6.45) is -6.79. The van der Waals surface area contributed by atoms with E-state index in [0.29, 0.717) is 6.42 Å². The highest BCUT2D eigenvalue weighted by Crippen LogP contribution is 2.56. The number of aromatic nitrogens is 4. The second-order valence-corrected chi connectivity index (χ2v) is 19.5. The molecule has 3 heterocycles. The van der Waals surface area contributed by atoms with Gasteiger partial charge in [-0.3, -0.25) is 28.1 Å². The van der Waals surface area contributed by atoms with E-state index in [1.807, 2.05) is 30.3 Å². The van der Waals surface area contributed by atoms with Crippen molar-refractivity contribution < 1.29 is 85.6 Å². The van der Waals surface area contributed by atoms with Gasteiger partial charge in [0.05, 0.1) is 33.5 Å². The number of phosphoric acid groups is 3. The first-order valence-corrected chi connectivity index (χ1v) is 23.4. The van der Waals surface area contributed by atoms with Crippen molar-refractivity contribution in [2.75, 3.05) is 37.8 Å². The van der Waals surface area contributed by atoms with Crippen LogP contribution in [0.2, 0.25) is 0 Å². The zero-order valence-electron chi connectivity index (χ0n) is 32.7. The standard InChI is InChI=1S/C32H48N7O18P3S/c1-31(2,27(44)30(45)35-10-9-22(41)34-11-12-61-23(42)14-20(40)13-19-7-5-4-6-8-19)16-54-60(51,52)57-59(49,50)53-15-21-25(56-58(46,47)48)26(43)32(3,55-21)39-18-38-24-28(33)36-17-37-29(24)39/h4-8,17-18,20-21,25-27,40,43-44H,9-16H2,1-3H3,(H,34,41)(H,35,45)(H,49,50)(H,51,52)(H2,33,36,37)(H2,46,47,48)/p-4. The van der Waals surface area contributed by atoms with E-state index in [0.717, 1.165) is 34.5 Å². The summed E-state index contributed by atoms with van der Waals surface area (Å²) in [6, 6.07) is 9.16. The molecule has 1 saturated heterocycles. The van der Waals surface area contributed by atoms with Crippen LogP contribution >= 0.6 is 35.2 Å². The molecule has 1 fully saturated rings. The molecule has 8 unspecified atom stereocenters. The maximum Gasteiger partial charge on any atom is 0.274 e. The zero-order valence-corrected chi connectivity index (χ0v) is 36.2.